The molecule has 0 saturated carbocycles. The maximum Gasteiger partial charge on any atom is 0.246 e. The zero-order valence-electron chi connectivity index (χ0n) is 11.3. The van der Waals surface area contributed by atoms with Crippen LogP contribution in [-0.2, 0) is 4.79 Å². The minimum absolute atomic E-state index is 0.0349. The van der Waals surface area contributed by atoms with Crippen molar-refractivity contribution in [3.63, 3.8) is 0 Å². The van der Waals surface area contributed by atoms with E-state index in [1.54, 1.807) is 18.3 Å². The fourth-order valence-corrected chi connectivity index (χ4v) is 2.61. The summed E-state index contributed by atoms with van der Waals surface area (Å²) in [7, 11) is 0. The van der Waals surface area contributed by atoms with E-state index in [-0.39, 0.29) is 11.9 Å². The second-order valence-electron chi connectivity index (χ2n) is 5.04. The molecule has 0 aromatic carbocycles. The highest BCUT2D eigenvalue weighted by molar-refractivity contribution is 5.91. The number of hydrogen-bond acceptors (Lipinski definition) is 3. The molecule has 0 radical (unpaired) electrons. The molecular formula is C15H21N3O. The summed E-state index contributed by atoms with van der Waals surface area (Å²) >= 11 is 0. The van der Waals surface area contributed by atoms with Gasteiger partial charge in [-0.25, -0.2) is 0 Å². The van der Waals surface area contributed by atoms with Crippen LogP contribution in [0.4, 0.5) is 0 Å². The third kappa shape index (κ3) is 3.41. The fourth-order valence-electron chi connectivity index (χ4n) is 2.61. The van der Waals surface area contributed by atoms with Crippen LogP contribution in [0, 0.1) is 5.92 Å². The number of aromatic nitrogens is 1. The van der Waals surface area contributed by atoms with Crippen LogP contribution in [0.3, 0.4) is 0 Å². The lowest BCUT2D eigenvalue weighted by Gasteiger charge is -2.38. The van der Waals surface area contributed by atoms with E-state index in [1.165, 1.54) is 0 Å². The van der Waals surface area contributed by atoms with Crippen molar-refractivity contribution in [3.05, 3.63) is 36.2 Å². The molecule has 4 heteroatoms. The summed E-state index contributed by atoms with van der Waals surface area (Å²) < 4.78 is 0. The predicted octanol–water partition coefficient (Wildman–Crippen LogP) is 1.68. The van der Waals surface area contributed by atoms with Crippen molar-refractivity contribution < 1.29 is 4.79 Å². The highest BCUT2D eigenvalue weighted by atomic mass is 16.2. The molecule has 1 aliphatic rings. The van der Waals surface area contributed by atoms with Gasteiger partial charge in [0.25, 0.3) is 0 Å². The summed E-state index contributed by atoms with van der Waals surface area (Å²) in [6.45, 7) is 3.50. The number of piperidine rings is 1. The number of carbonyl (C=O) groups excluding carboxylic acids is 1. The Labute approximate surface area is 114 Å². The summed E-state index contributed by atoms with van der Waals surface area (Å²) in [5.41, 5.74) is 6.60. The number of hydrogen-bond donors (Lipinski definition) is 1. The van der Waals surface area contributed by atoms with E-state index in [0.29, 0.717) is 12.5 Å². The summed E-state index contributed by atoms with van der Waals surface area (Å²) in [4.78, 5) is 18.3. The summed E-state index contributed by atoms with van der Waals surface area (Å²) in [6, 6.07) is 5.80. The van der Waals surface area contributed by atoms with Crippen LogP contribution in [0.15, 0.2) is 30.5 Å². The molecule has 4 nitrogen and oxygen atoms in total. The molecule has 2 unspecified atom stereocenters. The minimum Gasteiger partial charge on any atom is -0.335 e. The Hall–Kier alpha value is -1.68. The van der Waals surface area contributed by atoms with Gasteiger partial charge < -0.3 is 10.6 Å². The molecule has 2 N–H and O–H groups in total. The average molecular weight is 259 g/mol. The van der Waals surface area contributed by atoms with Gasteiger partial charge in [-0.1, -0.05) is 13.0 Å². The first-order valence-corrected chi connectivity index (χ1v) is 6.82. The highest BCUT2D eigenvalue weighted by Gasteiger charge is 2.29. The van der Waals surface area contributed by atoms with E-state index in [9.17, 15) is 4.79 Å². The van der Waals surface area contributed by atoms with E-state index >= 15 is 0 Å². The van der Waals surface area contributed by atoms with Crippen molar-refractivity contribution in [2.24, 2.45) is 11.7 Å². The molecule has 1 aromatic rings. The van der Waals surface area contributed by atoms with Crippen molar-refractivity contribution in [2.75, 3.05) is 13.1 Å². The quantitative estimate of drug-likeness (QED) is 0.840. The molecule has 1 aliphatic heterocycles. The first kappa shape index (κ1) is 13.7. The summed E-state index contributed by atoms with van der Waals surface area (Å²) in [5.74, 6) is 0.513. The predicted molar refractivity (Wildman–Crippen MR) is 76.2 cm³/mol. The Morgan fingerprint density at radius 1 is 1.58 bits per heavy atom. The molecule has 1 fully saturated rings. The zero-order valence-corrected chi connectivity index (χ0v) is 11.3. The summed E-state index contributed by atoms with van der Waals surface area (Å²) in [5, 5.41) is 0. The number of amides is 1. The number of nitrogens with two attached hydrogens (primary N) is 1. The van der Waals surface area contributed by atoms with Crippen molar-refractivity contribution in [3.8, 4) is 0 Å². The van der Waals surface area contributed by atoms with Gasteiger partial charge >= 0.3 is 0 Å². The van der Waals surface area contributed by atoms with E-state index in [0.717, 1.165) is 25.1 Å². The number of pyridine rings is 1. The molecule has 1 amide bonds. The largest absolute Gasteiger partial charge is 0.335 e. The molecule has 0 bridgehead atoms. The van der Waals surface area contributed by atoms with Gasteiger partial charge in [0.05, 0.1) is 5.69 Å². The first-order chi connectivity index (χ1) is 9.22. The van der Waals surface area contributed by atoms with Gasteiger partial charge in [-0.05, 0) is 37.0 Å². The van der Waals surface area contributed by atoms with Crippen LogP contribution in [0.2, 0.25) is 0 Å². The molecule has 2 atom stereocenters. The van der Waals surface area contributed by atoms with Gasteiger partial charge in [-0.3, -0.25) is 9.78 Å². The molecule has 19 heavy (non-hydrogen) atoms. The monoisotopic (exact) mass is 259 g/mol. The second kappa shape index (κ2) is 6.48. The van der Waals surface area contributed by atoms with Crippen molar-refractivity contribution >= 4 is 12.0 Å². The van der Waals surface area contributed by atoms with Gasteiger partial charge in [-0.15, -0.1) is 0 Å². The van der Waals surface area contributed by atoms with Crippen LogP contribution in [0.25, 0.3) is 6.08 Å². The third-order valence-electron chi connectivity index (χ3n) is 3.72. The Kier molecular flexibility index (Phi) is 4.68. The normalized spacial score (nSPS) is 23.8. The lowest BCUT2D eigenvalue weighted by atomic mass is 9.90. The molecule has 2 rings (SSSR count). The van der Waals surface area contributed by atoms with Gasteiger partial charge in [0.1, 0.15) is 0 Å². The molecular weight excluding hydrogens is 238 g/mol. The minimum atomic E-state index is 0.0349. The van der Waals surface area contributed by atoms with Gasteiger partial charge in [0.15, 0.2) is 0 Å². The van der Waals surface area contributed by atoms with Crippen LogP contribution in [0.1, 0.15) is 25.5 Å². The Bertz CT molecular complexity index is 444. The van der Waals surface area contributed by atoms with Crippen LogP contribution >= 0.6 is 0 Å². The molecule has 0 spiro atoms. The maximum atomic E-state index is 12.2. The van der Waals surface area contributed by atoms with Crippen molar-refractivity contribution in [2.45, 2.75) is 25.8 Å². The lowest BCUT2D eigenvalue weighted by Crippen LogP contribution is -2.50. The first-order valence-electron chi connectivity index (χ1n) is 6.82. The van der Waals surface area contributed by atoms with E-state index in [4.69, 9.17) is 5.73 Å². The molecule has 1 aromatic heterocycles. The smallest absolute Gasteiger partial charge is 0.246 e. The van der Waals surface area contributed by atoms with Crippen LogP contribution in [0.5, 0.6) is 0 Å². The topological polar surface area (TPSA) is 59.2 Å². The second-order valence-corrected chi connectivity index (χ2v) is 5.04. The maximum absolute atomic E-state index is 12.2. The van der Waals surface area contributed by atoms with Gasteiger partial charge in [-0.2, -0.15) is 0 Å². The van der Waals surface area contributed by atoms with E-state index in [2.05, 4.69) is 11.9 Å². The Balaban J connectivity index is 2.04. The SMILES string of the molecule is CC1CCCN(C(=O)/C=C/c2ccccn2)C1CN. The standard InChI is InChI=1S/C15H21N3O/c1-12-5-4-10-18(14(12)11-16)15(19)8-7-13-6-2-3-9-17-13/h2-3,6-9,12,14H,4-5,10-11,16H2,1H3/b8-7+. The average Bonchev–Trinajstić information content (AvgIpc) is 2.45. The van der Waals surface area contributed by atoms with Crippen molar-refractivity contribution in [1.82, 2.24) is 9.88 Å². The lowest BCUT2D eigenvalue weighted by molar-refractivity contribution is -0.130. The van der Waals surface area contributed by atoms with E-state index in [1.807, 2.05) is 23.1 Å². The van der Waals surface area contributed by atoms with E-state index < -0.39 is 0 Å². The van der Waals surface area contributed by atoms with Crippen LogP contribution < -0.4 is 5.73 Å². The number of rotatable bonds is 3. The Morgan fingerprint density at radius 2 is 2.42 bits per heavy atom. The molecule has 2 heterocycles. The molecule has 0 aliphatic carbocycles. The number of likely N-dealkylation sites (tertiary alicyclic amines) is 1. The zero-order chi connectivity index (χ0) is 13.7. The third-order valence-corrected chi connectivity index (χ3v) is 3.72. The fraction of sp³-hybridized carbons (Fsp3) is 0.467. The number of carbonyl (C=O) groups is 1. The van der Waals surface area contributed by atoms with Gasteiger partial charge in [0.2, 0.25) is 5.91 Å². The van der Waals surface area contributed by atoms with Gasteiger partial charge in [0, 0.05) is 31.4 Å². The molecule has 1 saturated heterocycles. The van der Waals surface area contributed by atoms with Crippen LogP contribution in [-0.4, -0.2) is 34.9 Å². The number of nitrogens with zero attached hydrogens (tertiary/aromatic N) is 2. The van der Waals surface area contributed by atoms with Crippen molar-refractivity contribution in [1.29, 1.82) is 0 Å². The summed E-state index contributed by atoms with van der Waals surface area (Å²) in [6.07, 6.45) is 7.28. The highest BCUT2D eigenvalue weighted by Crippen LogP contribution is 2.22. The Morgan fingerprint density at radius 3 is 3.11 bits per heavy atom. The molecule has 102 valence electrons.